The van der Waals surface area contributed by atoms with Gasteiger partial charge in [0.2, 0.25) is 5.88 Å². The molecular weight excluding hydrogens is 284 g/mol. The van der Waals surface area contributed by atoms with Crippen LogP contribution in [0, 0.1) is 0 Å². The Kier molecular flexibility index (Phi) is 3.56. The van der Waals surface area contributed by atoms with Crippen LogP contribution in [0.4, 0.5) is 8.78 Å². The minimum Gasteiger partial charge on any atom is -0.476 e. The second-order valence-corrected chi connectivity index (χ2v) is 5.58. The largest absolute Gasteiger partial charge is 0.476 e. The number of carboxylic acids is 1. The van der Waals surface area contributed by atoms with E-state index in [-0.39, 0.29) is 24.6 Å². The van der Waals surface area contributed by atoms with Crippen LogP contribution in [0.3, 0.4) is 0 Å². The number of fused-ring (bicyclic) bond motifs is 1. The van der Waals surface area contributed by atoms with Crippen LogP contribution in [0.2, 0.25) is 0 Å². The molecule has 0 bridgehead atoms. The SMILES string of the molecule is O=C(O)c1cc2n(n1)CC(CCN1CCC(F)(F)CC1)O2. The first-order chi connectivity index (χ1) is 9.93. The lowest BCUT2D eigenvalue weighted by Gasteiger charge is -2.32. The fourth-order valence-electron chi connectivity index (χ4n) is 2.71. The molecular formula is C13H17F2N3O3. The quantitative estimate of drug-likeness (QED) is 0.912. The topological polar surface area (TPSA) is 67.6 Å². The zero-order valence-corrected chi connectivity index (χ0v) is 11.5. The number of hydrogen-bond acceptors (Lipinski definition) is 4. The highest BCUT2D eigenvalue weighted by Crippen LogP contribution is 2.28. The molecule has 6 nitrogen and oxygen atoms in total. The molecule has 0 spiro atoms. The minimum absolute atomic E-state index is 0.0262. The normalized spacial score (nSPS) is 24.6. The summed E-state index contributed by atoms with van der Waals surface area (Å²) in [5, 5.41) is 12.8. The Hall–Kier alpha value is -1.70. The van der Waals surface area contributed by atoms with E-state index in [1.165, 1.54) is 6.07 Å². The number of hydrogen-bond donors (Lipinski definition) is 1. The van der Waals surface area contributed by atoms with Crippen molar-refractivity contribution in [2.24, 2.45) is 0 Å². The monoisotopic (exact) mass is 301 g/mol. The average molecular weight is 301 g/mol. The third-order valence-corrected chi connectivity index (χ3v) is 3.98. The van der Waals surface area contributed by atoms with E-state index in [0.29, 0.717) is 32.1 Å². The van der Waals surface area contributed by atoms with Crippen LogP contribution in [-0.2, 0) is 6.54 Å². The van der Waals surface area contributed by atoms with E-state index in [1.807, 2.05) is 4.90 Å². The van der Waals surface area contributed by atoms with Crippen LogP contribution >= 0.6 is 0 Å². The molecule has 3 heterocycles. The summed E-state index contributed by atoms with van der Waals surface area (Å²) in [4.78, 5) is 12.8. The molecule has 1 aromatic rings. The minimum atomic E-state index is -2.52. The van der Waals surface area contributed by atoms with Crippen LogP contribution in [0.25, 0.3) is 0 Å². The molecule has 1 aromatic heterocycles. The van der Waals surface area contributed by atoms with Crippen molar-refractivity contribution in [3.63, 3.8) is 0 Å². The number of halogens is 2. The summed E-state index contributed by atoms with van der Waals surface area (Å²) < 4.78 is 33.3. The predicted octanol–water partition coefficient (Wildman–Crippen LogP) is 1.46. The molecule has 1 saturated heterocycles. The molecule has 2 aliphatic heterocycles. The lowest BCUT2D eigenvalue weighted by Crippen LogP contribution is -2.40. The van der Waals surface area contributed by atoms with Crippen molar-refractivity contribution in [3.8, 4) is 5.88 Å². The maximum absolute atomic E-state index is 13.0. The summed E-state index contributed by atoms with van der Waals surface area (Å²) in [6.45, 7) is 2.03. The Bertz CT molecular complexity index is 513. The van der Waals surface area contributed by atoms with E-state index in [4.69, 9.17) is 9.84 Å². The van der Waals surface area contributed by atoms with E-state index < -0.39 is 11.9 Å². The molecule has 1 atom stereocenters. The summed E-state index contributed by atoms with van der Waals surface area (Å²) in [5.74, 6) is -3.13. The average Bonchev–Trinajstić information content (AvgIpc) is 2.95. The van der Waals surface area contributed by atoms with Gasteiger partial charge < -0.3 is 14.7 Å². The van der Waals surface area contributed by atoms with Gasteiger partial charge in [0, 0.05) is 38.5 Å². The van der Waals surface area contributed by atoms with Gasteiger partial charge in [-0.15, -0.1) is 0 Å². The number of nitrogens with zero attached hydrogens (tertiary/aromatic N) is 3. The Labute approximate surface area is 120 Å². The molecule has 2 aliphatic rings. The van der Waals surface area contributed by atoms with Gasteiger partial charge in [0.15, 0.2) is 5.69 Å². The highest BCUT2D eigenvalue weighted by molar-refractivity contribution is 5.85. The Morgan fingerprint density at radius 3 is 2.81 bits per heavy atom. The number of piperidine rings is 1. The second kappa shape index (κ2) is 5.25. The molecule has 1 N–H and O–H groups in total. The maximum atomic E-state index is 13.0. The second-order valence-electron chi connectivity index (χ2n) is 5.58. The van der Waals surface area contributed by atoms with Gasteiger partial charge in [-0.05, 0) is 6.42 Å². The first-order valence-corrected chi connectivity index (χ1v) is 7.01. The molecule has 8 heteroatoms. The molecule has 0 radical (unpaired) electrons. The number of carbonyl (C=O) groups is 1. The van der Waals surface area contributed by atoms with Crippen molar-refractivity contribution >= 4 is 5.97 Å². The smallest absolute Gasteiger partial charge is 0.356 e. The number of aromatic nitrogens is 2. The maximum Gasteiger partial charge on any atom is 0.356 e. The van der Waals surface area contributed by atoms with Gasteiger partial charge in [-0.25, -0.2) is 18.3 Å². The van der Waals surface area contributed by atoms with Crippen molar-refractivity contribution in [1.29, 1.82) is 0 Å². The first-order valence-electron chi connectivity index (χ1n) is 7.01. The van der Waals surface area contributed by atoms with E-state index in [2.05, 4.69) is 5.10 Å². The van der Waals surface area contributed by atoms with Gasteiger partial charge in [0.05, 0.1) is 6.54 Å². The van der Waals surface area contributed by atoms with E-state index in [0.717, 1.165) is 6.42 Å². The Balaban J connectivity index is 1.46. The lowest BCUT2D eigenvalue weighted by atomic mass is 10.1. The van der Waals surface area contributed by atoms with Crippen molar-refractivity contribution in [3.05, 3.63) is 11.8 Å². The molecule has 1 fully saturated rings. The number of ether oxygens (including phenoxy) is 1. The summed E-state index contributed by atoms with van der Waals surface area (Å²) >= 11 is 0. The van der Waals surface area contributed by atoms with Crippen molar-refractivity contribution in [1.82, 2.24) is 14.7 Å². The molecule has 1 unspecified atom stereocenters. The van der Waals surface area contributed by atoms with E-state index in [9.17, 15) is 13.6 Å². The van der Waals surface area contributed by atoms with Crippen molar-refractivity contribution in [2.75, 3.05) is 19.6 Å². The van der Waals surface area contributed by atoms with Crippen LogP contribution in [-0.4, -0.2) is 57.4 Å². The molecule has 0 amide bonds. The van der Waals surface area contributed by atoms with Gasteiger partial charge in [0.1, 0.15) is 6.10 Å². The zero-order valence-electron chi connectivity index (χ0n) is 11.5. The standard InChI is InChI=1S/C13H17F2N3O3/c14-13(15)2-5-17(6-3-13)4-1-9-8-18-11(21-9)7-10(16-18)12(19)20/h7,9H,1-6,8H2,(H,19,20). The fourth-order valence-corrected chi connectivity index (χ4v) is 2.71. The summed E-state index contributed by atoms with van der Waals surface area (Å²) in [6.07, 6.45) is 0.486. The number of aromatic carboxylic acids is 1. The van der Waals surface area contributed by atoms with Gasteiger partial charge >= 0.3 is 5.97 Å². The molecule has 0 aromatic carbocycles. The van der Waals surface area contributed by atoms with Gasteiger partial charge in [-0.1, -0.05) is 0 Å². The van der Waals surface area contributed by atoms with Crippen LogP contribution in [0.1, 0.15) is 29.8 Å². The first kappa shape index (κ1) is 14.2. The Morgan fingerprint density at radius 1 is 1.48 bits per heavy atom. The fraction of sp³-hybridized carbons (Fsp3) is 0.692. The van der Waals surface area contributed by atoms with Crippen LogP contribution in [0.5, 0.6) is 5.88 Å². The van der Waals surface area contributed by atoms with Crippen LogP contribution in [0.15, 0.2) is 6.07 Å². The molecule has 0 aliphatic carbocycles. The molecule has 21 heavy (non-hydrogen) atoms. The molecule has 3 rings (SSSR count). The zero-order chi connectivity index (χ0) is 15.0. The summed E-state index contributed by atoms with van der Waals surface area (Å²) in [6, 6.07) is 1.41. The van der Waals surface area contributed by atoms with Crippen molar-refractivity contribution < 1.29 is 23.4 Å². The van der Waals surface area contributed by atoms with Gasteiger partial charge in [0.25, 0.3) is 5.92 Å². The highest BCUT2D eigenvalue weighted by Gasteiger charge is 2.34. The number of rotatable bonds is 4. The summed E-state index contributed by atoms with van der Waals surface area (Å²) in [5.41, 5.74) is -0.0262. The third kappa shape index (κ3) is 3.15. The van der Waals surface area contributed by atoms with E-state index in [1.54, 1.807) is 4.68 Å². The molecule has 116 valence electrons. The Morgan fingerprint density at radius 2 is 2.19 bits per heavy atom. The molecule has 0 saturated carbocycles. The number of carboxylic acid groups (broad SMARTS) is 1. The third-order valence-electron chi connectivity index (χ3n) is 3.98. The van der Waals surface area contributed by atoms with E-state index >= 15 is 0 Å². The number of likely N-dealkylation sites (tertiary alicyclic amines) is 1. The van der Waals surface area contributed by atoms with Gasteiger partial charge in [-0.2, -0.15) is 5.10 Å². The van der Waals surface area contributed by atoms with Crippen molar-refractivity contribution in [2.45, 2.75) is 37.8 Å². The van der Waals surface area contributed by atoms with Crippen LogP contribution < -0.4 is 4.74 Å². The number of alkyl halides is 2. The summed E-state index contributed by atoms with van der Waals surface area (Å²) in [7, 11) is 0. The van der Waals surface area contributed by atoms with Gasteiger partial charge in [-0.3, -0.25) is 0 Å². The predicted molar refractivity (Wildman–Crippen MR) is 68.8 cm³/mol. The highest BCUT2D eigenvalue weighted by atomic mass is 19.3. The lowest BCUT2D eigenvalue weighted by molar-refractivity contribution is -0.0561.